The number of carbonyl (C=O) groups excluding carboxylic acids is 7. The number of fused-ring (bicyclic) bond motifs is 5. The quantitative estimate of drug-likeness (QED) is 0.0158. The number of aliphatic imine (C=N–C) groups is 1. The average molecular weight is 1040 g/mol. The molecule has 0 radical (unpaired) electrons. The van der Waals surface area contributed by atoms with Crippen molar-refractivity contribution in [2.24, 2.45) is 21.6 Å². The number of hydrogen-bond donors (Lipinski definition) is 10. The summed E-state index contributed by atoms with van der Waals surface area (Å²) in [7, 11) is 0. The summed E-state index contributed by atoms with van der Waals surface area (Å²) in [5, 5.41) is 40.9. The Morgan fingerprint density at radius 3 is 2.31 bits per heavy atom. The predicted molar refractivity (Wildman–Crippen MR) is 268 cm³/mol. The number of oxime groups is 1. The number of nitrogens with zero attached hydrogens (tertiary/aromatic N) is 4. The molecule has 2 aromatic carbocycles. The van der Waals surface area contributed by atoms with Gasteiger partial charge in [0.25, 0.3) is 5.56 Å². The second-order valence-corrected chi connectivity index (χ2v) is 18.0. The molecule has 75 heavy (non-hydrogen) atoms. The van der Waals surface area contributed by atoms with Gasteiger partial charge in [0.2, 0.25) is 35.4 Å². The first-order valence-corrected chi connectivity index (χ1v) is 24.3. The van der Waals surface area contributed by atoms with E-state index in [1.807, 2.05) is 18.2 Å². The van der Waals surface area contributed by atoms with Gasteiger partial charge in [0, 0.05) is 41.5 Å². The summed E-state index contributed by atoms with van der Waals surface area (Å²) in [6, 6.07) is 11.7. The average Bonchev–Trinajstić information content (AvgIpc) is 3.76. The van der Waals surface area contributed by atoms with Gasteiger partial charge in [0.1, 0.15) is 37.4 Å². The smallest absolute Gasteiger partial charge is 0.343 e. The number of hydrogen-bond acceptors (Lipinski definition) is 15. The van der Waals surface area contributed by atoms with E-state index in [-0.39, 0.29) is 94.9 Å². The lowest BCUT2D eigenvalue weighted by Gasteiger charge is -2.31. The number of carboxylic acid groups (broad SMARTS) is 1. The SMILES string of the molecule is CC[C@@]1(O)C(=O)OCc2c1cc1n(c2=O)Cc2c-1nc1ccccc1c2C=NOCCNC(=O)CCC[C@@H]1NC(=O)[C@@H](Cc2ccccc2)NC(=O)[C@H](CC(=O)O)NC(=O)CNC(=O)[C@H](CCCN=C(N)N)NC1=O. The Balaban J connectivity index is 1.02. The van der Waals surface area contributed by atoms with Crippen LogP contribution < -0.4 is 48.9 Å². The van der Waals surface area contributed by atoms with Crippen molar-refractivity contribution in [2.45, 2.75) is 101 Å². The molecule has 7 rings (SSSR count). The largest absolute Gasteiger partial charge is 0.481 e. The van der Waals surface area contributed by atoms with Crippen molar-refractivity contribution in [3.8, 4) is 11.4 Å². The van der Waals surface area contributed by atoms with Crippen molar-refractivity contribution < 1.29 is 58.1 Å². The Bertz CT molecular complexity index is 3000. The van der Waals surface area contributed by atoms with Crippen molar-refractivity contribution in [3.63, 3.8) is 0 Å². The lowest BCUT2D eigenvalue weighted by Crippen LogP contribution is -2.58. The van der Waals surface area contributed by atoms with Crippen molar-refractivity contribution in [1.82, 2.24) is 41.5 Å². The van der Waals surface area contributed by atoms with Gasteiger partial charge in [-0.15, -0.1) is 0 Å². The number of aromatic nitrogens is 2. The van der Waals surface area contributed by atoms with E-state index in [0.29, 0.717) is 33.6 Å². The number of pyridine rings is 2. The molecule has 25 heteroatoms. The number of amides is 6. The number of rotatable bonds is 18. The van der Waals surface area contributed by atoms with E-state index in [9.17, 15) is 53.4 Å². The second kappa shape index (κ2) is 24.3. The van der Waals surface area contributed by atoms with E-state index in [0.717, 1.165) is 5.39 Å². The Morgan fingerprint density at radius 1 is 0.893 bits per heavy atom. The first-order chi connectivity index (χ1) is 36.0. The van der Waals surface area contributed by atoms with Crippen LogP contribution >= 0.6 is 0 Å². The molecule has 3 aliphatic heterocycles. The number of benzene rings is 2. The summed E-state index contributed by atoms with van der Waals surface area (Å²) in [4.78, 5) is 134. The molecule has 396 valence electrons. The number of esters is 1. The summed E-state index contributed by atoms with van der Waals surface area (Å²) < 4.78 is 6.71. The molecule has 0 saturated carbocycles. The Morgan fingerprint density at radius 2 is 1.57 bits per heavy atom. The number of guanidine groups is 1. The van der Waals surface area contributed by atoms with Crippen LogP contribution in [0, 0.1) is 0 Å². The number of cyclic esters (lactones) is 1. The van der Waals surface area contributed by atoms with E-state index in [4.69, 9.17) is 26.0 Å². The van der Waals surface area contributed by atoms with Gasteiger partial charge in [-0.2, -0.15) is 0 Å². The number of carboxylic acids is 1. The van der Waals surface area contributed by atoms with E-state index in [2.05, 4.69) is 42.0 Å². The van der Waals surface area contributed by atoms with Crippen LogP contribution in [0.4, 0.5) is 0 Å². The number of aliphatic hydroxyl groups is 1. The van der Waals surface area contributed by atoms with Crippen LogP contribution in [0.25, 0.3) is 22.3 Å². The maximum Gasteiger partial charge on any atom is 0.343 e. The molecule has 5 atom stereocenters. The number of nitrogens with two attached hydrogens (primary N) is 2. The summed E-state index contributed by atoms with van der Waals surface area (Å²) in [5.74, 6) is -7.30. The molecule has 0 unspecified atom stereocenters. The summed E-state index contributed by atoms with van der Waals surface area (Å²) in [6.45, 7) is 0.800. The standard InChI is InChI=1S/C50H58N12O13/c1-2-50(73)32-21-38-42-30(25-62(38)47(71)31(32)26-74-48(50)72)29(28-12-6-7-13-33(28)58-42)23-56-75-19-18-53-39(63)16-8-14-35-44(68)59-34(15-9-17-54-49(51)52)43(67)55-24-40(64)57-37(22-41(65)66)46(70)61-36(45(69)60-35)20-27-10-4-3-5-11-27/h3-7,10-13,21,23,34-37,73H,2,8-9,14-20,22,24-26H2,1H3,(H,53,63)(H,55,67)(H,57,64)(H,59,68)(H,60,69)(H,61,70)(H,65,66)(H4,51,52,54)/t34-,35-,36+,37-,50-/m0/s1. The monoisotopic (exact) mass is 1030 g/mol. The molecule has 2 aromatic heterocycles. The normalized spacial score (nSPS) is 20.9. The van der Waals surface area contributed by atoms with Crippen LogP contribution in [0.1, 0.15) is 79.7 Å². The third-order valence-electron chi connectivity index (χ3n) is 12.9. The molecule has 0 aliphatic carbocycles. The highest BCUT2D eigenvalue weighted by molar-refractivity contribution is 6.02. The maximum absolute atomic E-state index is 14.1. The zero-order valence-corrected chi connectivity index (χ0v) is 40.9. The van der Waals surface area contributed by atoms with Crippen LogP contribution in [0.5, 0.6) is 0 Å². The lowest BCUT2D eigenvalue weighted by atomic mass is 9.86. The van der Waals surface area contributed by atoms with E-state index >= 15 is 0 Å². The molecule has 0 spiro atoms. The van der Waals surface area contributed by atoms with Gasteiger partial charge >= 0.3 is 11.9 Å². The summed E-state index contributed by atoms with van der Waals surface area (Å²) in [6.07, 6.45) is 0.473. The van der Waals surface area contributed by atoms with Crippen molar-refractivity contribution in [1.29, 1.82) is 0 Å². The molecule has 4 aromatic rings. The molecule has 6 amide bonds. The molecule has 0 bridgehead atoms. The van der Waals surface area contributed by atoms with Crippen LogP contribution in [-0.2, 0) is 73.1 Å². The van der Waals surface area contributed by atoms with Gasteiger partial charge in [0.15, 0.2) is 11.6 Å². The number of ether oxygens (including phenoxy) is 1. The molecule has 1 fully saturated rings. The second-order valence-electron chi connectivity index (χ2n) is 18.0. The van der Waals surface area contributed by atoms with Gasteiger partial charge in [-0.05, 0) is 49.8 Å². The minimum Gasteiger partial charge on any atom is -0.481 e. The molecule has 3 aliphatic rings. The number of aliphatic carboxylic acids is 1. The molecular weight excluding hydrogens is 977 g/mol. The summed E-state index contributed by atoms with van der Waals surface area (Å²) in [5.41, 5.74) is 12.2. The Kier molecular flexibility index (Phi) is 17.5. The van der Waals surface area contributed by atoms with Gasteiger partial charge in [-0.25, -0.2) is 9.78 Å². The van der Waals surface area contributed by atoms with Crippen LogP contribution in [0.15, 0.2) is 75.6 Å². The zero-order chi connectivity index (χ0) is 53.8. The fourth-order valence-corrected chi connectivity index (χ4v) is 8.98. The fourth-order valence-electron chi connectivity index (χ4n) is 8.98. The number of para-hydroxylation sites is 1. The van der Waals surface area contributed by atoms with Gasteiger partial charge in [-0.3, -0.25) is 43.3 Å². The van der Waals surface area contributed by atoms with Gasteiger partial charge in [0.05, 0.1) is 54.7 Å². The molecule has 25 nitrogen and oxygen atoms in total. The van der Waals surface area contributed by atoms with Crippen LogP contribution in [0.2, 0.25) is 0 Å². The molecular formula is C50H58N12O13. The van der Waals surface area contributed by atoms with Gasteiger partial charge in [-0.1, -0.05) is 60.6 Å². The van der Waals surface area contributed by atoms with Crippen LogP contribution in [0.3, 0.4) is 0 Å². The highest BCUT2D eigenvalue weighted by Crippen LogP contribution is 2.40. The number of carbonyl (C=O) groups is 8. The first kappa shape index (κ1) is 54.0. The van der Waals surface area contributed by atoms with E-state index < -0.39 is 95.7 Å². The molecule has 12 N–H and O–H groups in total. The minimum atomic E-state index is -1.99. The topological polar surface area (TPSA) is 379 Å². The third-order valence-corrected chi connectivity index (χ3v) is 12.9. The zero-order valence-electron chi connectivity index (χ0n) is 40.9. The Labute approximate surface area is 428 Å². The van der Waals surface area contributed by atoms with Crippen LogP contribution in [-0.4, -0.2) is 130 Å². The predicted octanol–water partition coefficient (Wildman–Crippen LogP) is -1.44. The van der Waals surface area contributed by atoms with E-state index in [1.54, 1.807) is 49.4 Å². The lowest BCUT2D eigenvalue weighted by molar-refractivity contribution is -0.172. The summed E-state index contributed by atoms with van der Waals surface area (Å²) >= 11 is 0. The maximum atomic E-state index is 14.1. The minimum absolute atomic E-state index is 0.00689. The highest BCUT2D eigenvalue weighted by Gasteiger charge is 2.45. The third kappa shape index (κ3) is 13.1. The van der Waals surface area contributed by atoms with Crippen molar-refractivity contribution >= 4 is 70.5 Å². The van der Waals surface area contributed by atoms with Crippen molar-refractivity contribution in [2.75, 3.05) is 26.2 Å². The molecule has 1 saturated heterocycles. The van der Waals surface area contributed by atoms with Gasteiger partial charge < -0.3 is 67.7 Å². The molecule has 5 heterocycles. The Hall–Kier alpha value is -8.74. The fraction of sp³-hybridized carbons (Fsp3) is 0.400. The number of nitrogens with one attached hydrogen (secondary N) is 6. The van der Waals surface area contributed by atoms with Crippen molar-refractivity contribution in [3.05, 3.63) is 98.8 Å². The highest BCUT2D eigenvalue weighted by atomic mass is 16.6. The first-order valence-electron chi connectivity index (χ1n) is 24.3. The van der Waals surface area contributed by atoms with E-state index in [1.165, 1.54) is 10.8 Å².